The van der Waals surface area contributed by atoms with Crippen LogP contribution in [0.1, 0.15) is 42.5 Å². The average Bonchev–Trinajstić information content (AvgIpc) is 2.68. The molecule has 0 radical (unpaired) electrons. The molecular formula is C16H21NO3. The Morgan fingerprint density at radius 2 is 2.10 bits per heavy atom. The lowest BCUT2D eigenvalue weighted by molar-refractivity contribution is -0.142. The molecular weight excluding hydrogens is 254 g/mol. The van der Waals surface area contributed by atoms with Gasteiger partial charge >= 0.3 is 5.97 Å². The Balaban J connectivity index is 2.46. The molecule has 20 heavy (non-hydrogen) atoms. The van der Waals surface area contributed by atoms with Crippen LogP contribution in [0.3, 0.4) is 0 Å². The van der Waals surface area contributed by atoms with Gasteiger partial charge in [-0.25, -0.2) is 0 Å². The van der Waals surface area contributed by atoms with Crippen molar-refractivity contribution in [2.24, 2.45) is 5.92 Å². The average molecular weight is 275 g/mol. The number of carboxylic acids is 1. The van der Waals surface area contributed by atoms with Crippen LogP contribution in [-0.2, 0) is 9.59 Å². The van der Waals surface area contributed by atoms with Crippen molar-refractivity contribution in [1.82, 2.24) is 4.90 Å². The predicted molar refractivity (Wildman–Crippen MR) is 76.4 cm³/mol. The number of rotatable bonds is 4. The first kappa shape index (κ1) is 14.6. The summed E-state index contributed by atoms with van der Waals surface area (Å²) in [4.78, 5) is 25.3. The summed E-state index contributed by atoms with van der Waals surface area (Å²) in [5.74, 6) is -1.58. The summed E-state index contributed by atoms with van der Waals surface area (Å²) in [7, 11) is 0. The Hall–Kier alpha value is -1.84. The number of benzene rings is 1. The number of likely N-dealkylation sites (tertiary alicyclic amines) is 1. The lowest BCUT2D eigenvalue weighted by Crippen LogP contribution is -2.31. The number of amides is 1. The SMILES string of the molecule is CCCN1C(=O)CC(C(=O)O)C1c1ccc(C)cc1C. The van der Waals surface area contributed by atoms with E-state index in [1.165, 1.54) is 0 Å². The monoisotopic (exact) mass is 275 g/mol. The molecule has 4 heteroatoms. The topological polar surface area (TPSA) is 57.6 Å². The van der Waals surface area contributed by atoms with Crippen LogP contribution < -0.4 is 0 Å². The van der Waals surface area contributed by atoms with E-state index >= 15 is 0 Å². The fraction of sp³-hybridized carbons (Fsp3) is 0.500. The molecule has 1 aliphatic rings. The van der Waals surface area contributed by atoms with Gasteiger partial charge in [-0.1, -0.05) is 30.7 Å². The van der Waals surface area contributed by atoms with Gasteiger partial charge < -0.3 is 10.0 Å². The third kappa shape index (κ3) is 2.55. The highest BCUT2D eigenvalue weighted by molar-refractivity contribution is 5.87. The van der Waals surface area contributed by atoms with Crippen molar-refractivity contribution in [3.8, 4) is 0 Å². The van der Waals surface area contributed by atoms with E-state index in [-0.39, 0.29) is 18.4 Å². The lowest BCUT2D eigenvalue weighted by Gasteiger charge is -2.28. The van der Waals surface area contributed by atoms with Crippen molar-refractivity contribution in [2.45, 2.75) is 39.7 Å². The van der Waals surface area contributed by atoms with Crippen LogP contribution in [0.4, 0.5) is 0 Å². The number of carbonyl (C=O) groups excluding carboxylic acids is 1. The molecule has 1 N–H and O–H groups in total. The minimum absolute atomic E-state index is 0.0516. The molecule has 1 aliphatic heterocycles. The minimum atomic E-state index is -0.887. The fourth-order valence-electron chi connectivity index (χ4n) is 3.06. The fourth-order valence-corrected chi connectivity index (χ4v) is 3.06. The molecule has 108 valence electrons. The van der Waals surface area contributed by atoms with E-state index < -0.39 is 11.9 Å². The predicted octanol–water partition coefficient (Wildman–Crippen LogP) is 2.69. The van der Waals surface area contributed by atoms with E-state index in [2.05, 4.69) is 0 Å². The molecule has 1 fully saturated rings. The summed E-state index contributed by atoms with van der Waals surface area (Å²) in [6.07, 6.45) is 0.937. The Kier molecular flexibility index (Phi) is 4.12. The summed E-state index contributed by atoms with van der Waals surface area (Å²) in [5, 5.41) is 9.42. The largest absolute Gasteiger partial charge is 0.481 e. The first-order chi connectivity index (χ1) is 9.45. The number of nitrogens with zero attached hydrogens (tertiary/aromatic N) is 1. The second-order valence-electron chi connectivity index (χ2n) is 5.54. The van der Waals surface area contributed by atoms with Gasteiger partial charge in [-0.05, 0) is 31.4 Å². The molecule has 2 rings (SSSR count). The highest BCUT2D eigenvalue weighted by Crippen LogP contribution is 2.39. The minimum Gasteiger partial charge on any atom is -0.481 e. The summed E-state index contributed by atoms with van der Waals surface area (Å²) >= 11 is 0. The van der Waals surface area contributed by atoms with Gasteiger partial charge in [0.1, 0.15) is 0 Å². The number of hydrogen-bond donors (Lipinski definition) is 1. The van der Waals surface area contributed by atoms with E-state index in [0.717, 1.165) is 23.1 Å². The van der Waals surface area contributed by atoms with Gasteiger partial charge in [0, 0.05) is 13.0 Å². The highest BCUT2D eigenvalue weighted by Gasteiger charge is 2.44. The number of hydrogen-bond acceptors (Lipinski definition) is 2. The molecule has 0 aromatic heterocycles. The smallest absolute Gasteiger partial charge is 0.309 e. The van der Waals surface area contributed by atoms with Crippen LogP contribution in [0, 0.1) is 19.8 Å². The zero-order valence-corrected chi connectivity index (χ0v) is 12.2. The maximum absolute atomic E-state index is 12.1. The maximum atomic E-state index is 12.1. The van der Waals surface area contributed by atoms with Crippen LogP contribution in [0.2, 0.25) is 0 Å². The van der Waals surface area contributed by atoms with Gasteiger partial charge in [0.25, 0.3) is 0 Å². The molecule has 0 spiro atoms. The van der Waals surface area contributed by atoms with E-state index in [4.69, 9.17) is 0 Å². The Morgan fingerprint density at radius 3 is 2.65 bits per heavy atom. The number of carbonyl (C=O) groups is 2. The molecule has 2 atom stereocenters. The van der Waals surface area contributed by atoms with Crippen molar-refractivity contribution in [3.63, 3.8) is 0 Å². The number of carboxylic acid groups (broad SMARTS) is 1. The number of aryl methyl sites for hydroxylation is 2. The molecule has 0 aliphatic carbocycles. The standard InChI is InChI=1S/C16H21NO3/c1-4-7-17-14(18)9-13(16(19)20)15(17)12-6-5-10(2)8-11(12)3/h5-6,8,13,15H,4,7,9H2,1-3H3,(H,19,20). The van der Waals surface area contributed by atoms with E-state index in [9.17, 15) is 14.7 Å². The van der Waals surface area contributed by atoms with Gasteiger partial charge in [-0.15, -0.1) is 0 Å². The zero-order valence-electron chi connectivity index (χ0n) is 12.2. The summed E-state index contributed by atoms with van der Waals surface area (Å²) in [6.45, 7) is 6.60. The molecule has 1 amide bonds. The van der Waals surface area contributed by atoms with Crippen LogP contribution >= 0.6 is 0 Å². The quantitative estimate of drug-likeness (QED) is 0.919. The van der Waals surface area contributed by atoms with Crippen molar-refractivity contribution in [1.29, 1.82) is 0 Å². The van der Waals surface area contributed by atoms with E-state index in [1.807, 2.05) is 39.0 Å². The van der Waals surface area contributed by atoms with Gasteiger partial charge in [-0.2, -0.15) is 0 Å². The van der Waals surface area contributed by atoms with Gasteiger partial charge in [0.05, 0.1) is 12.0 Å². The third-order valence-electron chi connectivity index (χ3n) is 3.96. The zero-order chi connectivity index (χ0) is 14.9. The third-order valence-corrected chi connectivity index (χ3v) is 3.96. The molecule has 0 saturated carbocycles. The Morgan fingerprint density at radius 1 is 1.40 bits per heavy atom. The van der Waals surface area contributed by atoms with Crippen LogP contribution in [0.15, 0.2) is 18.2 Å². The van der Waals surface area contributed by atoms with Gasteiger partial charge in [0.2, 0.25) is 5.91 Å². The van der Waals surface area contributed by atoms with E-state index in [1.54, 1.807) is 4.90 Å². The summed E-state index contributed by atoms with van der Waals surface area (Å²) in [5.41, 5.74) is 3.16. The molecule has 1 aromatic rings. The van der Waals surface area contributed by atoms with Crippen molar-refractivity contribution in [3.05, 3.63) is 34.9 Å². The molecule has 4 nitrogen and oxygen atoms in total. The second kappa shape index (κ2) is 5.65. The molecule has 1 heterocycles. The van der Waals surface area contributed by atoms with Gasteiger partial charge in [-0.3, -0.25) is 9.59 Å². The van der Waals surface area contributed by atoms with Crippen molar-refractivity contribution in [2.75, 3.05) is 6.54 Å². The number of aliphatic carboxylic acids is 1. The summed E-state index contributed by atoms with van der Waals surface area (Å²) in [6, 6.07) is 5.66. The first-order valence-corrected chi connectivity index (χ1v) is 7.05. The Bertz CT molecular complexity index is 539. The molecule has 2 unspecified atom stereocenters. The second-order valence-corrected chi connectivity index (χ2v) is 5.54. The van der Waals surface area contributed by atoms with Crippen LogP contribution in [-0.4, -0.2) is 28.4 Å². The first-order valence-electron chi connectivity index (χ1n) is 7.05. The maximum Gasteiger partial charge on any atom is 0.309 e. The molecule has 0 bridgehead atoms. The normalized spacial score (nSPS) is 22.4. The molecule has 1 saturated heterocycles. The van der Waals surface area contributed by atoms with Crippen LogP contribution in [0.5, 0.6) is 0 Å². The highest BCUT2D eigenvalue weighted by atomic mass is 16.4. The van der Waals surface area contributed by atoms with Gasteiger partial charge in [0.15, 0.2) is 0 Å². The summed E-state index contributed by atoms with van der Waals surface area (Å²) < 4.78 is 0. The van der Waals surface area contributed by atoms with E-state index in [0.29, 0.717) is 6.54 Å². The lowest BCUT2D eigenvalue weighted by atomic mass is 9.90. The van der Waals surface area contributed by atoms with Crippen LogP contribution in [0.25, 0.3) is 0 Å². The van der Waals surface area contributed by atoms with Crippen molar-refractivity contribution < 1.29 is 14.7 Å². The Labute approximate surface area is 119 Å². The van der Waals surface area contributed by atoms with Crippen molar-refractivity contribution >= 4 is 11.9 Å². The molecule has 1 aromatic carbocycles.